The predicted octanol–water partition coefficient (Wildman–Crippen LogP) is 0.898. The van der Waals surface area contributed by atoms with Crippen LogP contribution in [0.15, 0.2) is 18.2 Å². The molecule has 1 rings (SSSR count). The number of nitrogens with two attached hydrogens (primary N) is 1. The van der Waals surface area contributed by atoms with Gasteiger partial charge in [-0.2, -0.15) is 0 Å². The van der Waals surface area contributed by atoms with Gasteiger partial charge in [0.1, 0.15) is 11.9 Å². The normalized spacial score (nSPS) is 11.9. The van der Waals surface area contributed by atoms with Gasteiger partial charge in [0.05, 0.1) is 5.69 Å². The first kappa shape index (κ1) is 13.1. The largest absolute Gasteiger partial charge is 0.372 e. The number of anilines is 1. The number of hydrogen-bond donors (Lipinski definition) is 2. The summed E-state index contributed by atoms with van der Waals surface area (Å²) >= 11 is 0. The molecule has 1 atom stereocenters. The van der Waals surface area contributed by atoms with E-state index in [1.807, 2.05) is 0 Å². The summed E-state index contributed by atoms with van der Waals surface area (Å²) in [6, 6.07) is 3.48. The minimum atomic E-state index is -0.716. The second-order valence-electron chi connectivity index (χ2n) is 3.43. The molecule has 92 valence electrons. The number of halogens is 1. The Bertz CT molecular complexity index is 448. The summed E-state index contributed by atoms with van der Waals surface area (Å²) in [4.78, 5) is 22.4. The number of amides is 2. The van der Waals surface area contributed by atoms with E-state index in [0.29, 0.717) is 0 Å². The van der Waals surface area contributed by atoms with Crippen molar-refractivity contribution in [1.29, 1.82) is 0 Å². The van der Waals surface area contributed by atoms with Crippen molar-refractivity contribution >= 4 is 17.5 Å². The summed E-state index contributed by atoms with van der Waals surface area (Å²) in [5.74, 6) is -1.85. The Morgan fingerprint density at radius 2 is 2.12 bits per heavy atom. The van der Waals surface area contributed by atoms with Crippen LogP contribution in [0.5, 0.6) is 0 Å². The molecule has 0 fully saturated rings. The fourth-order valence-electron chi connectivity index (χ4n) is 1.12. The highest BCUT2D eigenvalue weighted by Gasteiger charge is 2.14. The Morgan fingerprint density at radius 1 is 1.47 bits per heavy atom. The third-order valence-corrected chi connectivity index (χ3v) is 2.23. The summed E-state index contributed by atoms with van der Waals surface area (Å²) in [5.41, 5.74) is 5.07. The summed E-state index contributed by atoms with van der Waals surface area (Å²) in [5, 5.41) is 2.31. The Hall–Kier alpha value is -1.95. The molecular formula is C11H13FN2O3. The fourth-order valence-corrected chi connectivity index (χ4v) is 1.12. The van der Waals surface area contributed by atoms with Gasteiger partial charge in [-0.25, -0.2) is 4.39 Å². The van der Waals surface area contributed by atoms with Crippen molar-refractivity contribution in [2.24, 2.45) is 5.73 Å². The van der Waals surface area contributed by atoms with E-state index in [0.717, 1.165) is 6.07 Å². The average Bonchev–Trinajstić information content (AvgIpc) is 2.30. The molecule has 0 radical (unpaired) electrons. The molecule has 0 aliphatic carbocycles. The molecule has 0 aliphatic rings. The van der Waals surface area contributed by atoms with Crippen LogP contribution >= 0.6 is 0 Å². The Balaban J connectivity index is 2.94. The summed E-state index contributed by atoms with van der Waals surface area (Å²) < 4.78 is 18.1. The highest BCUT2D eigenvalue weighted by molar-refractivity contribution is 5.97. The van der Waals surface area contributed by atoms with E-state index in [-0.39, 0.29) is 11.3 Å². The first-order valence-electron chi connectivity index (χ1n) is 4.88. The zero-order valence-electron chi connectivity index (χ0n) is 9.49. The molecule has 3 N–H and O–H groups in total. The first-order chi connectivity index (χ1) is 7.95. The number of carbonyl (C=O) groups excluding carboxylic acids is 2. The zero-order chi connectivity index (χ0) is 13.0. The Labute approximate surface area is 97.7 Å². The summed E-state index contributed by atoms with van der Waals surface area (Å²) in [6.45, 7) is 1.52. The first-order valence-corrected chi connectivity index (χ1v) is 4.88. The number of hydrogen-bond acceptors (Lipinski definition) is 3. The molecule has 0 bridgehead atoms. The second-order valence-corrected chi connectivity index (χ2v) is 3.43. The molecule has 6 heteroatoms. The van der Waals surface area contributed by atoms with Crippen molar-refractivity contribution in [3.8, 4) is 0 Å². The average molecular weight is 240 g/mol. The minimum Gasteiger partial charge on any atom is -0.372 e. The number of ether oxygens (including phenoxy) is 1. The molecule has 1 unspecified atom stereocenters. The Kier molecular flexibility index (Phi) is 4.17. The van der Waals surface area contributed by atoms with Crippen LogP contribution in [0.4, 0.5) is 10.1 Å². The molecule has 0 heterocycles. The van der Waals surface area contributed by atoms with Crippen LogP contribution in [-0.2, 0) is 9.53 Å². The smallest absolute Gasteiger partial charge is 0.253 e. The standard InChI is InChI=1S/C11H13FN2O3/c1-6(17-2)11(16)14-9-5-7(10(13)15)3-4-8(9)12/h3-6H,1-2H3,(H2,13,15)(H,14,16). The topological polar surface area (TPSA) is 81.4 Å². The van der Waals surface area contributed by atoms with Gasteiger partial charge in [-0.15, -0.1) is 0 Å². The van der Waals surface area contributed by atoms with Crippen molar-refractivity contribution < 1.29 is 18.7 Å². The van der Waals surface area contributed by atoms with Gasteiger partial charge in [-0.05, 0) is 25.1 Å². The van der Waals surface area contributed by atoms with E-state index >= 15 is 0 Å². The van der Waals surface area contributed by atoms with Gasteiger partial charge in [-0.1, -0.05) is 0 Å². The molecule has 0 saturated carbocycles. The molecule has 5 nitrogen and oxygen atoms in total. The third kappa shape index (κ3) is 3.25. The zero-order valence-corrected chi connectivity index (χ0v) is 9.49. The van der Waals surface area contributed by atoms with Crippen LogP contribution in [0.2, 0.25) is 0 Å². The van der Waals surface area contributed by atoms with Gasteiger partial charge < -0.3 is 15.8 Å². The molecule has 0 aliphatic heterocycles. The van der Waals surface area contributed by atoms with E-state index < -0.39 is 23.7 Å². The van der Waals surface area contributed by atoms with Crippen LogP contribution in [0.3, 0.4) is 0 Å². The van der Waals surface area contributed by atoms with Crippen LogP contribution in [0.1, 0.15) is 17.3 Å². The molecule has 1 aromatic carbocycles. The van der Waals surface area contributed by atoms with Crippen LogP contribution in [0, 0.1) is 5.82 Å². The molecule has 1 aromatic rings. The van der Waals surface area contributed by atoms with Gasteiger partial charge in [0, 0.05) is 12.7 Å². The number of nitrogens with one attached hydrogen (secondary N) is 1. The van der Waals surface area contributed by atoms with Gasteiger partial charge in [0.2, 0.25) is 5.91 Å². The molecule has 0 spiro atoms. The summed E-state index contributed by atoms with van der Waals surface area (Å²) in [6.07, 6.45) is -0.716. The predicted molar refractivity (Wildman–Crippen MR) is 60.0 cm³/mol. The number of benzene rings is 1. The van der Waals surface area contributed by atoms with Crippen molar-refractivity contribution in [3.63, 3.8) is 0 Å². The third-order valence-electron chi connectivity index (χ3n) is 2.23. The maximum atomic E-state index is 13.4. The number of primary amides is 1. The highest BCUT2D eigenvalue weighted by Crippen LogP contribution is 2.16. The van der Waals surface area contributed by atoms with E-state index in [9.17, 15) is 14.0 Å². The van der Waals surface area contributed by atoms with Gasteiger partial charge in [-0.3, -0.25) is 9.59 Å². The van der Waals surface area contributed by atoms with Gasteiger partial charge in [0.25, 0.3) is 5.91 Å². The van der Waals surface area contributed by atoms with Gasteiger partial charge >= 0.3 is 0 Å². The Morgan fingerprint density at radius 3 is 2.65 bits per heavy atom. The molecule has 17 heavy (non-hydrogen) atoms. The lowest BCUT2D eigenvalue weighted by Crippen LogP contribution is -2.27. The monoisotopic (exact) mass is 240 g/mol. The number of carbonyl (C=O) groups is 2. The maximum Gasteiger partial charge on any atom is 0.253 e. The number of methoxy groups -OCH3 is 1. The van der Waals surface area contributed by atoms with E-state index in [2.05, 4.69) is 5.32 Å². The van der Waals surface area contributed by atoms with Gasteiger partial charge in [0.15, 0.2) is 0 Å². The van der Waals surface area contributed by atoms with Crippen molar-refractivity contribution in [3.05, 3.63) is 29.6 Å². The molecule has 0 saturated heterocycles. The van der Waals surface area contributed by atoms with Crippen molar-refractivity contribution in [1.82, 2.24) is 0 Å². The quantitative estimate of drug-likeness (QED) is 0.820. The fraction of sp³-hybridized carbons (Fsp3) is 0.273. The lowest BCUT2D eigenvalue weighted by Gasteiger charge is -2.11. The number of rotatable bonds is 4. The lowest BCUT2D eigenvalue weighted by molar-refractivity contribution is -0.124. The van der Waals surface area contributed by atoms with E-state index in [1.165, 1.54) is 26.2 Å². The maximum absolute atomic E-state index is 13.4. The minimum absolute atomic E-state index is 0.102. The van der Waals surface area contributed by atoms with Crippen LogP contribution in [-0.4, -0.2) is 25.0 Å². The molecule has 0 aromatic heterocycles. The highest BCUT2D eigenvalue weighted by atomic mass is 19.1. The van der Waals surface area contributed by atoms with Crippen molar-refractivity contribution in [2.75, 3.05) is 12.4 Å². The molecular weight excluding hydrogens is 227 g/mol. The SMILES string of the molecule is COC(C)C(=O)Nc1cc(C(N)=O)ccc1F. The van der Waals surface area contributed by atoms with Crippen LogP contribution in [0.25, 0.3) is 0 Å². The second kappa shape index (κ2) is 5.40. The molecule has 2 amide bonds. The lowest BCUT2D eigenvalue weighted by atomic mass is 10.2. The van der Waals surface area contributed by atoms with Crippen LogP contribution < -0.4 is 11.1 Å². The van der Waals surface area contributed by atoms with E-state index in [1.54, 1.807) is 0 Å². The summed E-state index contributed by atoms with van der Waals surface area (Å²) in [7, 11) is 1.36. The van der Waals surface area contributed by atoms with E-state index in [4.69, 9.17) is 10.5 Å². The van der Waals surface area contributed by atoms with Crippen molar-refractivity contribution in [2.45, 2.75) is 13.0 Å².